The van der Waals surface area contributed by atoms with Crippen LogP contribution in [0.5, 0.6) is 11.5 Å². The Morgan fingerprint density at radius 3 is 2.50 bits per heavy atom. The Balaban J connectivity index is 1.37. The number of hydrogen-bond acceptors (Lipinski definition) is 5. The number of thioether (sulfide) groups is 1. The van der Waals surface area contributed by atoms with Gasteiger partial charge in [0.1, 0.15) is 30.5 Å². The molecule has 0 unspecified atom stereocenters. The third-order valence-electron chi connectivity index (χ3n) is 6.78. The highest BCUT2D eigenvalue weighted by molar-refractivity contribution is 8.18. The molecule has 1 aliphatic rings. The molecule has 0 bridgehead atoms. The van der Waals surface area contributed by atoms with Crippen molar-refractivity contribution >= 4 is 39.8 Å². The molecule has 0 aliphatic carbocycles. The van der Waals surface area contributed by atoms with Crippen molar-refractivity contribution in [2.24, 2.45) is 0 Å². The molecule has 5 nitrogen and oxygen atoms in total. The van der Waals surface area contributed by atoms with Crippen molar-refractivity contribution in [3.8, 4) is 11.5 Å². The zero-order valence-electron chi connectivity index (χ0n) is 22.6. The molecule has 2 amide bonds. The molecule has 0 spiro atoms. The van der Waals surface area contributed by atoms with Crippen molar-refractivity contribution < 1.29 is 23.5 Å². The Morgan fingerprint density at radius 1 is 0.925 bits per heavy atom. The van der Waals surface area contributed by atoms with Gasteiger partial charge in [0.05, 0.1) is 11.4 Å². The molecule has 204 valence electrons. The molecule has 0 saturated carbocycles. The fourth-order valence-electron chi connectivity index (χ4n) is 4.64. The van der Waals surface area contributed by atoms with Crippen LogP contribution in [0.25, 0.3) is 16.8 Å². The first-order valence-electron chi connectivity index (χ1n) is 13.2. The Hall–Kier alpha value is -4.10. The van der Waals surface area contributed by atoms with Crippen LogP contribution in [-0.2, 0) is 11.4 Å². The number of halogens is 1. The van der Waals surface area contributed by atoms with E-state index in [1.165, 1.54) is 11.0 Å². The number of amides is 2. The highest BCUT2D eigenvalue weighted by Crippen LogP contribution is 2.37. The maximum atomic E-state index is 14.2. The normalized spacial score (nSPS) is 14.5. The van der Waals surface area contributed by atoms with Crippen LogP contribution in [0.4, 0.5) is 9.18 Å². The highest BCUT2D eigenvalue weighted by atomic mass is 32.2. The fraction of sp³-hybridized carbons (Fsp3) is 0.212. The zero-order valence-corrected chi connectivity index (χ0v) is 23.5. The lowest BCUT2D eigenvalue weighted by atomic mass is 10.0. The van der Waals surface area contributed by atoms with Gasteiger partial charge in [-0.3, -0.25) is 14.5 Å². The summed E-state index contributed by atoms with van der Waals surface area (Å²) < 4.78 is 26.3. The maximum Gasteiger partial charge on any atom is 0.293 e. The quantitative estimate of drug-likeness (QED) is 0.195. The van der Waals surface area contributed by atoms with E-state index in [0.717, 1.165) is 39.4 Å². The summed E-state index contributed by atoms with van der Waals surface area (Å²) in [4.78, 5) is 27.7. The molecule has 4 aromatic carbocycles. The number of benzene rings is 4. The van der Waals surface area contributed by atoms with Crippen LogP contribution in [0.2, 0.25) is 0 Å². The smallest absolute Gasteiger partial charge is 0.293 e. The molecule has 0 atom stereocenters. The number of rotatable bonds is 9. The molecule has 4 aromatic rings. The number of hydrogen-bond donors (Lipinski definition) is 0. The van der Waals surface area contributed by atoms with Gasteiger partial charge in [-0.05, 0) is 70.8 Å². The van der Waals surface area contributed by atoms with E-state index < -0.39 is 0 Å². The average Bonchev–Trinajstić information content (AvgIpc) is 3.20. The van der Waals surface area contributed by atoms with Crippen LogP contribution in [-0.4, -0.2) is 29.2 Å². The monoisotopic (exact) mass is 555 g/mol. The summed E-state index contributed by atoms with van der Waals surface area (Å²) in [6.45, 7) is 6.56. The van der Waals surface area contributed by atoms with Gasteiger partial charge in [0.25, 0.3) is 11.1 Å². The number of carbonyl (C=O) groups is 2. The van der Waals surface area contributed by atoms with E-state index in [1.807, 2.05) is 55.5 Å². The van der Waals surface area contributed by atoms with E-state index in [-0.39, 0.29) is 42.6 Å². The third-order valence-corrected chi connectivity index (χ3v) is 7.69. The van der Waals surface area contributed by atoms with E-state index in [0.29, 0.717) is 21.8 Å². The van der Waals surface area contributed by atoms with Crippen LogP contribution in [0, 0.1) is 12.7 Å². The van der Waals surface area contributed by atoms with E-state index in [4.69, 9.17) is 9.47 Å². The molecular weight excluding hydrogens is 525 g/mol. The minimum Gasteiger partial charge on any atom is -0.491 e. The van der Waals surface area contributed by atoms with Crippen LogP contribution in [0.1, 0.15) is 42.0 Å². The Morgan fingerprint density at radius 2 is 1.70 bits per heavy atom. The average molecular weight is 556 g/mol. The fourth-order valence-corrected chi connectivity index (χ4v) is 5.48. The summed E-state index contributed by atoms with van der Waals surface area (Å²) in [5.41, 5.74) is 3.25. The molecule has 0 radical (unpaired) electrons. The minimum atomic E-state index is -0.375. The van der Waals surface area contributed by atoms with Crippen molar-refractivity contribution in [1.82, 2.24) is 4.90 Å². The standard InChI is InChI=1S/C33H30FNO4S/c1-21(2)25-14-12-22(3)18-30(25)38-17-16-35-32(36)31(40-33(35)37)19-27-26-10-6-4-8-23(26)13-15-29(27)39-20-24-9-5-7-11-28(24)34/h4-15,18-19,21H,16-17,20H2,1-3H3/b31-19-. The Kier molecular flexibility index (Phi) is 8.21. The lowest BCUT2D eigenvalue weighted by Gasteiger charge is -2.17. The lowest BCUT2D eigenvalue weighted by molar-refractivity contribution is -0.123. The van der Waals surface area contributed by atoms with Crippen molar-refractivity contribution in [3.05, 3.63) is 112 Å². The lowest BCUT2D eigenvalue weighted by Crippen LogP contribution is -2.32. The van der Waals surface area contributed by atoms with Crippen LogP contribution >= 0.6 is 11.8 Å². The Bertz CT molecular complexity index is 1610. The SMILES string of the molecule is Cc1ccc(C(C)C)c(OCCN2C(=O)S/C(=C\c3c(OCc4ccccc4F)ccc4ccccc34)C2=O)c1. The second-order valence-corrected chi connectivity index (χ2v) is 10.9. The number of ether oxygens (including phenoxy) is 2. The molecule has 0 N–H and O–H groups in total. The zero-order chi connectivity index (χ0) is 28.2. The second kappa shape index (κ2) is 12.0. The van der Waals surface area contributed by atoms with E-state index >= 15 is 0 Å². The van der Waals surface area contributed by atoms with Crippen molar-refractivity contribution in [2.45, 2.75) is 33.3 Å². The highest BCUT2D eigenvalue weighted by Gasteiger charge is 2.35. The molecule has 7 heteroatoms. The first-order valence-corrected chi connectivity index (χ1v) is 14.0. The van der Waals surface area contributed by atoms with Crippen LogP contribution in [0.3, 0.4) is 0 Å². The summed E-state index contributed by atoms with van der Waals surface area (Å²) >= 11 is 0.895. The largest absolute Gasteiger partial charge is 0.491 e. The van der Waals surface area contributed by atoms with E-state index in [2.05, 4.69) is 13.8 Å². The molecule has 5 rings (SSSR count). The molecule has 1 fully saturated rings. The van der Waals surface area contributed by atoms with Gasteiger partial charge in [0, 0.05) is 11.1 Å². The predicted octanol–water partition coefficient (Wildman–Crippen LogP) is 8.11. The first-order chi connectivity index (χ1) is 19.3. The van der Waals surface area contributed by atoms with E-state index in [9.17, 15) is 14.0 Å². The number of carbonyl (C=O) groups excluding carboxylic acids is 2. The number of aryl methyl sites for hydroxylation is 1. The Labute approximate surface area is 237 Å². The number of fused-ring (bicyclic) bond motifs is 1. The third kappa shape index (κ3) is 5.89. The number of imide groups is 1. The first kappa shape index (κ1) is 27.5. The van der Waals surface area contributed by atoms with Crippen molar-refractivity contribution in [2.75, 3.05) is 13.2 Å². The number of nitrogens with zero attached hydrogens (tertiary/aromatic N) is 1. The summed E-state index contributed by atoms with van der Waals surface area (Å²) in [6.07, 6.45) is 1.70. The summed E-state index contributed by atoms with van der Waals surface area (Å²) in [5.74, 6) is 0.827. The molecule has 40 heavy (non-hydrogen) atoms. The van der Waals surface area contributed by atoms with Gasteiger partial charge in [0.15, 0.2) is 0 Å². The molecule has 1 aliphatic heterocycles. The second-order valence-electron chi connectivity index (χ2n) is 9.96. The van der Waals surface area contributed by atoms with E-state index in [1.54, 1.807) is 30.3 Å². The van der Waals surface area contributed by atoms with Crippen molar-refractivity contribution in [1.29, 1.82) is 0 Å². The van der Waals surface area contributed by atoms with Gasteiger partial charge < -0.3 is 9.47 Å². The maximum absolute atomic E-state index is 14.2. The van der Waals surface area contributed by atoms with Crippen molar-refractivity contribution in [3.63, 3.8) is 0 Å². The van der Waals surface area contributed by atoms with Crippen LogP contribution in [0.15, 0.2) is 83.8 Å². The van der Waals surface area contributed by atoms with Gasteiger partial charge >= 0.3 is 0 Å². The van der Waals surface area contributed by atoms with Gasteiger partial charge in [0.2, 0.25) is 0 Å². The van der Waals surface area contributed by atoms with Gasteiger partial charge in [-0.2, -0.15) is 0 Å². The summed E-state index contributed by atoms with van der Waals surface area (Å²) in [6, 6.07) is 24.0. The topological polar surface area (TPSA) is 55.8 Å². The van der Waals surface area contributed by atoms with Gasteiger partial charge in [-0.15, -0.1) is 0 Å². The molecule has 1 heterocycles. The molecule has 0 aromatic heterocycles. The molecular formula is C33H30FNO4S. The summed E-state index contributed by atoms with van der Waals surface area (Å²) in [7, 11) is 0. The van der Waals surface area contributed by atoms with Crippen LogP contribution < -0.4 is 9.47 Å². The minimum absolute atomic E-state index is 0.0298. The van der Waals surface area contributed by atoms with Gasteiger partial charge in [-0.1, -0.05) is 74.5 Å². The molecule has 1 saturated heterocycles. The predicted molar refractivity (Wildman–Crippen MR) is 158 cm³/mol. The summed E-state index contributed by atoms with van der Waals surface area (Å²) in [5, 5.41) is 1.48. The van der Waals surface area contributed by atoms with Gasteiger partial charge in [-0.25, -0.2) is 4.39 Å².